The Kier molecular flexibility index (Phi) is 5.22. The summed E-state index contributed by atoms with van der Waals surface area (Å²) in [6.45, 7) is 4.11. The molecule has 1 aliphatic rings. The molecule has 0 heterocycles. The summed E-state index contributed by atoms with van der Waals surface area (Å²) in [4.78, 5) is 23.3. The van der Waals surface area contributed by atoms with E-state index < -0.39 is 11.5 Å². The normalized spacial score (nSPS) is 16.5. The molecule has 4 heteroatoms. The molecule has 0 unspecified atom stereocenters. The topological polar surface area (TPSA) is 66.4 Å². The summed E-state index contributed by atoms with van der Waals surface area (Å²) in [6, 6.07) is 6.25. The maximum atomic E-state index is 12.2. The highest BCUT2D eigenvalue weighted by Crippen LogP contribution is 2.32. The number of aryl methyl sites for hydroxylation is 3. The lowest BCUT2D eigenvalue weighted by Crippen LogP contribution is -2.47. The number of nitrogens with one attached hydrogen (secondary N) is 1. The molecule has 2 rings (SSSR count). The lowest BCUT2D eigenvalue weighted by molar-refractivity contribution is -0.139. The maximum Gasteiger partial charge on any atom is 0.305 e. The van der Waals surface area contributed by atoms with Crippen LogP contribution in [0.4, 0.5) is 0 Å². The number of carboxylic acid groups (broad SMARTS) is 1. The zero-order chi connectivity index (χ0) is 16.2. The minimum Gasteiger partial charge on any atom is -0.481 e. The van der Waals surface area contributed by atoms with Gasteiger partial charge in [-0.25, -0.2) is 0 Å². The molecule has 0 aliphatic heterocycles. The first-order valence-electron chi connectivity index (χ1n) is 7.99. The summed E-state index contributed by atoms with van der Waals surface area (Å²) in [5.74, 6) is -0.875. The van der Waals surface area contributed by atoms with E-state index in [9.17, 15) is 9.59 Å². The Bertz CT molecular complexity index is 559. The van der Waals surface area contributed by atoms with E-state index in [4.69, 9.17) is 5.11 Å². The Labute approximate surface area is 131 Å². The first-order valence-corrected chi connectivity index (χ1v) is 7.99. The molecule has 0 radical (unpaired) electrons. The SMILES string of the molecule is Cc1ccc(CCC(=O)NC2(CC(=O)O)CCCC2)c(C)c1. The first kappa shape index (κ1) is 16.5. The van der Waals surface area contributed by atoms with Gasteiger partial charge in [0.1, 0.15) is 0 Å². The molecule has 1 aromatic carbocycles. The van der Waals surface area contributed by atoms with Crippen LogP contribution in [0.2, 0.25) is 0 Å². The fraction of sp³-hybridized carbons (Fsp3) is 0.556. The molecule has 1 aliphatic carbocycles. The number of carbonyl (C=O) groups excluding carboxylic acids is 1. The van der Waals surface area contributed by atoms with Gasteiger partial charge in [0.2, 0.25) is 5.91 Å². The monoisotopic (exact) mass is 303 g/mol. The molecule has 0 aromatic heterocycles. The van der Waals surface area contributed by atoms with E-state index in [1.807, 2.05) is 0 Å². The van der Waals surface area contributed by atoms with E-state index in [2.05, 4.69) is 37.4 Å². The second-order valence-corrected chi connectivity index (χ2v) is 6.54. The zero-order valence-electron chi connectivity index (χ0n) is 13.4. The summed E-state index contributed by atoms with van der Waals surface area (Å²) < 4.78 is 0. The minimum absolute atomic E-state index is 0.0301. The van der Waals surface area contributed by atoms with Crippen molar-refractivity contribution < 1.29 is 14.7 Å². The molecule has 120 valence electrons. The summed E-state index contributed by atoms with van der Waals surface area (Å²) in [5, 5.41) is 12.1. The Hall–Kier alpha value is -1.84. The lowest BCUT2D eigenvalue weighted by atomic mass is 9.92. The Balaban J connectivity index is 1.92. The van der Waals surface area contributed by atoms with E-state index in [1.165, 1.54) is 16.7 Å². The molecular weight excluding hydrogens is 278 g/mol. The van der Waals surface area contributed by atoms with Crippen LogP contribution in [0.5, 0.6) is 0 Å². The predicted octanol–water partition coefficient (Wildman–Crippen LogP) is 3.14. The highest BCUT2D eigenvalue weighted by Gasteiger charge is 2.37. The number of benzene rings is 1. The molecule has 4 nitrogen and oxygen atoms in total. The van der Waals surface area contributed by atoms with E-state index in [-0.39, 0.29) is 12.3 Å². The van der Waals surface area contributed by atoms with Crippen LogP contribution in [0, 0.1) is 13.8 Å². The zero-order valence-corrected chi connectivity index (χ0v) is 13.4. The van der Waals surface area contributed by atoms with E-state index in [1.54, 1.807) is 0 Å². The third-order valence-corrected chi connectivity index (χ3v) is 4.57. The number of hydrogen-bond donors (Lipinski definition) is 2. The number of hydrogen-bond acceptors (Lipinski definition) is 2. The van der Waals surface area contributed by atoms with Gasteiger partial charge in [-0.3, -0.25) is 9.59 Å². The van der Waals surface area contributed by atoms with Gasteiger partial charge < -0.3 is 10.4 Å². The Morgan fingerprint density at radius 1 is 1.23 bits per heavy atom. The molecule has 1 aromatic rings. The summed E-state index contributed by atoms with van der Waals surface area (Å²) >= 11 is 0. The van der Waals surface area contributed by atoms with Crippen molar-refractivity contribution in [2.45, 2.75) is 64.3 Å². The van der Waals surface area contributed by atoms with Gasteiger partial charge >= 0.3 is 5.97 Å². The molecule has 22 heavy (non-hydrogen) atoms. The number of carboxylic acids is 1. The molecule has 0 spiro atoms. The number of rotatable bonds is 6. The van der Waals surface area contributed by atoms with Gasteiger partial charge in [0.05, 0.1) is 12.0 Å². The van der Waals surface area contributed by atoms with Gasteiger partial charge in [-0.15, -0.1) is 0 Å². The highest BCUT2D eigenvalue weighted by molar-refractivity contribution is 5.78. The van der Waals surface area contributed by atoms with Crippen molar-refractivity contribution in [2.75, 3.05) is 0 Å². The van der Waals surface area contributed by atoms with Crippen molar-refractivity contribution in [3.8, 4) is 0 Å². The second-order valence-electron chi connectivity index (χ2n) is 6.54. The molecule has 2 N–H and O–H groups in total. The fourth-order valence-corrected chi connectivity index (χ4v) is 3.42. The van der Waals surface area contributed by atoms with Crippen molar-refractivity contribution in [1.29, 1.82) is 0 Å². The summed E-state index contributed by atoms with van der Waals surface area (Å²) in [7, 11) is 0. The number of carbonyl (C=O) groups is 2. The van der Waals surface area contributed by atoms with Gasteiger partial charge in [0, 0.05) is 6.42 Å². The molecule has 0 bridgehead atoms. The van der Waals surface area contributed by atoms with Crippen molar-refractivity contribution >= 4 is 11.9 Å². The number of amides is 1. The molecule has 0 atom stereocenters. The van der Waals surface area contributed by atoms with Crippen LogP contribution in [0.3, 0.4) is 0 Å². The average Bonchev–Trinajstić information content (AvgIpc) is 2.84. The van der Waals surface area contributed by atoms with Gasteiger partial charge in [0.15, 0.2) is 0 Å². The van der Waals surface area contributed by atoms with Crippen LogP contribution in [-0.4, -0.2) is 22.5 Å². The second kappa shape index (κ2) is 6.95. The fourth-order valence-electron chi connectivity index (χ4n) is 3.42. The third kappa shape index (κ3) is 4.33. The largest absolute Gasteiger partial charge is 0.481 e. The van der Waals surface area contributed by atoms with Crippen LogP contribution in [0.1, 0.15) is 55.2 Å². The van der Waals surface area contributed by atoms with Crippen molar-refractivity contribution in [3.05, 3.63) is 34.9 Å². The molecule has 1 amide bonds. The number of aliphatic carboxylic acids is 1. The molecular formula is C18H25NO3. The van der Waals surface area contributed by atoms with Crippen molar-refractivity contribution in [1.82, 2.24) is 5.32 Å². The van der Waals surface area contributed by atoms with Crippen molar-refractivity contribution in [2.24, 2.45) is 0 Å². The molecule has 1 fully saturated rings. The van der Waals surface area contributed by atoms with Gasteiger partial charge in [0.25, 0.3) is 0 Å². The van der Waals surface area contributed by atoms with Crippen LogP contribution in [0.15, 0.2) is 18.2 Å². The average molecular weight is 303 g/mol. The Morgan fingerprint density at radius 3 is 2.50 bits per heavy atom. The quantitative estimate of drug-likeness (QED) is 0.848. The van der Waals surface area contributed by atoms with Crippen LogP contribution < -0.4 is 5.32 Å². The van der Waals surface area contributed by atoms with Gasteiger partial charge in [-0.05, 0) is 44.2 Å². The van der Waals surface area contributed by atoms with E-state index >= 15 is 0 Å². The Morgan fingerprint density at radius 2 is 1.91 bits per heavy atom. The first-order chi connectivity index (χ1) is 10.4. The molecule has 0 saturated heterocycles. The smallest absolute Gasteiger partial charge is 0.305 e. The maximum absolute atomic E-state index is 12.2. The van der Waals surface area contributed by atoms with Crippen LogP contribution in [0.25, 0.3) is 0 Å². The minimum atomic E-state index is -0.837. The lowest BCUT2D eigenvalue weighted by Gasteiger charge is -2.28. The molecule has 1 saturated carbocycles. The standard InChI is InChI=1S/C18H25NO3/c1-13-5-6-15(14(2)11-13)7-8-16(20)19-18(12-17(21)22)9-3-4-10-18/h5-6,11H,3-4,7-10,12H2,1-2H3,(H,19,20)(H,21,22). The third-order valence-electron chi connectivity index (χ3n) is 4.57. The summed E-state index contributed by atoms with van der Waals surface area (Å²) in [5.41, 5.74) is 3.08. The van der Waals surface area contributed by atoms with Crippen LogP contribution in [-0.2, 0) is 16.0 Å². The van der Waals surface area contributed by atoms with Crippen molar-refractivity contribution in [3.63, 3.8) is 0 Å². The van der Waals surface area contributed by atoms with E-state index in [0.29, 0.717) is 12.8 Å². The van der Waals surface area contributed by atoms with Crippen LogP contribution >= 0.6 is 0 Å². The van der Waals surface area contributed by atoms with E-state index in [0.717, 1.165) is 25.7 Å². The summed E-state index contributed by atoms with van der Waals surface area (Å²) in [6.07, 6.45) is 4.66. The highest BCUT2D eigenvalue weighted by atomic mass is 16.4. The van der Waals surface area contributed by atoms with Gasteiger partial charge in [-0.2, -0.15) is 0 Å². The van der Waals surface area contributed by atoms with Gasteiger partial charge in [-0.1, -0.05) is 36.6 Å². The predicted molar refractivity (Wildman–Crippen MR) is 85.8 cm³/mol.